The van der Waals surface area contributed by atoms with Crippen LogP contribution in [0.3, 0.4) is 0 Å². The number of benzene rings is 1. The predicted octanol–water partition coefficient (Wildman–Crippen LogP) is 0.965. The molecule has 108 valence electrons. The van der Waals surface area contributed by atoms with E-state index in [1.807, 2.05) is 0 Å². The highest BCUT2D eigenvalue weighted by Gasteiger charge is 2.19. The number of rotatable bonds is 7. The van der Waals surface area contributed by atoms with Gasteiger partial charge in [0.2, 0.25) is 0 Å². The summed E-state index contributed by atoms with van der Waals surface area (Å²) in [4.78, 5) is 0. The zero-order chi connectivity index (χ0) is 14.5. The van der Waals surface area contributed by atoms with E-state index in [2.05, 4.69) is 10.0 Å². The Labute approximate surface area is 117 Å². The summed E-state index contributed by atoms with van der Waals surface area (Å²) in [6.45, 7) is 0.641. The van der Waals surface area contributed by atoms with Crippen LogP contribution in [0.15, 0.2) is 18.2 Å². The minimum atomic E-state index is -3.65. The van der Waals surface area contributed by atoms with Crippen LogP contribution in [0, 0.1) is 5.82 Å². The Balaban J connectivity index is 2.76. The summed E-state index contributed by atoms with van der Waals surface area (Å²) in [5, 5.41) is 3.03. The van der Waals surface area contributed by atoms with Crippen LogP contribution in [0.4, 0.5) is 4.39 Å². The molecule has 1 rings (SSSR count). The van der Waals surface area contributed by atoms with Crippen LogP contribution in [-0.4, -0.2) is 39.9 Å². The molecule has 0 amide bonds. The minimum absolute atomic E-state index is 0.125. The van der Waals surface area contributed by atoms with Gasteiger partial charge in [0.05, 0.1) is 0 Å². The topological polar surface area (TPSA) is 61.4 Å². The van der Waals surface area contributed by atoms with Crippen LogP contribution in [0.2, 0.25) is 5.02 Å². The standard InChI is InChI=1S/C11H17ClFN3O2S/c1-14-6-7-15-19(17,18)16(2)8-9-10(12)4-3-5-11(9)13/h3-5,14-15H,6-8H2,1-2H3. The molecule has 0 saturated carbocycles. The molecule has 5 nitrogen and oxygen atoms in total. The lowest BCUT2D eigenvalue weighted by Gasteiger charge is -2.18. The third-order valence-corrected chi connectivity index (χ3v) is 4.39. The minimum Gasteiger partial charge on any atom is -0.318 e. The van der Waals surface area contributed by atoms with Gasteiger partial charge in [-0.2, -0.15) is 12.7 Å². The monoisotopic (exact) mass is 309 g/mol. The van der Waals surface area contributed by atoms with Crippen molar-refractivity contribution in [3.8, 4) is 0 Å². The molecule has 0 aromatic heterocycles. The van der Waals surface area contributed by atoms with Crippen molar-refractivity contribution in [3.05, 3.63) is 34.6 Å². The van der Waals surface area contributed by atoms with Crippen molar-refractivity contribution < 1.29 is 12.8 Å². The van der Waals surface area contributed by atoms with Gasteiger partial charge in [-0.15, -0.1) is 0 Å². The summed E-state index contributed by atoms with van der Waals surface area (Å²) >= 11 is 5.86. The molecule has 0 aliphatic carbocycles. The lowest BCUT2D eigenvalue weighted by Crippen LogP contribution is -2.40. The number of hydrogen-bond acceptors (Lipinski definition) is 3. The molecule has 2 N–H and O–H groups in total. The molecule has 0 fully saturated rings. The quantitative estimate of drug-likeness (QED) is 0.738. The first kappa shape index (κ1) is 16.3. The predicted molar refractivity (Wildman–Crippen MR) is 73.7 cm³/mol. The molecule has 0 bridgehead atoms. The largest absolute Gasteiger partial charge is 0.318 e. The highest BCUT2D eigenvalue weighted by Crippen LogP contribution is 2.20. The van der Waals surface area contributed by atoms with E-state index in [1.165, 1.54) is 25.2 Å². The number of hydrogen-bond donors (Lipinski definition) is 2. The van der Waals surface area contributed by atoms with Crippen molar-refractivity contribution in [2.24, 2.45) is 0 Å². The molecule has 1 aromatic rings. The second kappa shape index (κ2) is 7.16. The van der Waals surface area contributed by atoms with Gasteiger partial charge in [0.25, 0.3) is 10.2 Å². The van der Waals surface area contributed by atoms with Gasteiger partial charge < -0.3 is 5.32 Å². The van der Waals surface area contributed by atoms with E-state index in [0.717, 1.165) is 4.31 Å². The molecular weight excluding hydrogens is 293 g/mol. The highest BCUT2D eigenvalue weighted by atomic mass is 35.5. The van der Waals surface area contributed by atoms with Crippen LogP contribution in [0.1, 0.15) is 5.56 Å². The van der Waals surface area contributed by atoms with Crippen LogP contribution in [-0.2, 0) is 16.8 Å². The lowest BCUT2D eigenvalue weighted by molar-refractivity contribution is 0.446. The van der Waals surface area contributed by atoms with Crippen molar-refractivity contribution in [1.29, 1.82) is 0 Å². The van der Waals surface area contributed by atoms with Gasteiger partial charge in [0.15, 0.2) is 0 Å². The molecule has 8 heteroatoms. The number of nitrogens with one attached hydrogen (secondary N) is 2. The number of halogens is 2. The first-order valence-corrected chi connectivity index (χ1v) is 7.48. The molecule has 0 aliphatic heterocycles. The Morgan fingerprint density at radius 3 is 2.63 bits per heavy atom. The van der Waals surface area contributed by atoms with Gasteiger partial charge in [-0.3, -0.25) is 0 Å². The number of likely N-dealkylation sites (N-methyl/N-ethyl adjacent to an activating group) is 1. The van der Waals surface area contributed by atoms with Crippen LogP contribution in [0.5, 0.6) is 0 Å². The van der Waals surface area contributed by atoms with Gasteiger partial charge in [-0.05, 0) is 19.2 Å². The molecular formula is C11H17ClFN3O2S. The normalized spacial score (nSPS) is 12.1. The molecule has 0 atom stereocenters. The van der Waals surface area contributed by atoms with Crippen molar-refractivity contribution in [3.63, 3.8) is 0 Å². The third-order valence-electron chi connectivity index (χ3n) is 2.51. The van der Waals surface area contributed by atoms with Gasteiger partial charge in [-0.25, -0.2) is 9.11 Å². The molecule has 1 aromatic carbocycles. The summed E-state index contributed by atoms with van der Waals surface area (Å²) in [6.07, 6.45) is 0. The Morgan fingerprint density at radius 2 is 2.05 bits per heavy atom. The summed E-state index contributed by atoms with van der Waals surface area (Å²) in [7, 11) is -0.561. The van der Waals surface area contributed by atoms with Crippen molar-refractivity contribution in [1.82, 2.24) is 14.3 Å². The molecule has 19 heavy (non-hydrogen) atoms. The zero-order valence-electron chi connectivity index (χ0n) is 10.8. The van der Waals surface area contributed by atoms with E-state index in [0.29, 0.717) is 6.54 Å². The van der Waals surface area contributed by atoms with Crippen LogP contribution >= 0.6 is 11.6 Å². The maximum absolute atomic E-state index is 13.6. The maximum atomic E-state index is 13.6. The summed E-state index contributed by atoms with van der Waals surface area (Å²) in [5.41, 5.74) is 0.158. The van der Waals surface area contributed by atoms with Gasteiger partial charge in [0.1, 0.15) is 5.82 Å². The fourth-order valence-corrected chi connectivity index (χ4v) is 2.51. The zero-order valence-corrected chi connectivity index (χ0v) is 12.4. The van der Waals surface area contributed by atoms with Gasteiger partial charge >= 0.3 is 0 Å². The van der Waals surface area contributed by atoms with Crippen LogP contribution < -0.4 is 10.0 Å². The molecule has 0 heterocycles. The summed E-state index contributed by atoms with van der Waals surface area (Å²) < 4.78 is 40.7. The average molecular weight is 310 g/mol. The van der Waals surface area contributed by atoms with E-state index in [1.54, 1.807) is 7.05 Å². The van der Waals surface area contributed by atoms with E-state index >= 15 is 0 Å². The third kappa shape index (κ3) is 4.70. The van der Waals surface area contributed by atoms with E-state index in [4.69, 9.17) is 11.6 Å². The SMILES string of the molecule is CNCCNS(=O)(=O)N(C)Cc1c(F)cccc1Cl. The summed E-state index contributed by atoms with van der Waals surface area (Å²) in [5.74, 6) is -0.523. The second-order valence-electron chi connectivity index (χ2n) is 3.96. The lowest BCUT2D eigenvalue weighted by atomic mass is 10.2. The smallest absolute Gasteiger partial charge is 0.279 e. The molecule has 0 aliphatic rings. The van der Waals surface area contributed by atoms with E-state index < -0.39 is 16.0 Å². The number of nitrogens with zero attached hydrogens (tertiary/aromatic N) is 1. The van der Waals surface area contributed by atoms with Gasteiger partial charge in [0, 0.05) is 37.3 Å². The highest BCUT2D eigenvalue weighted by molar-refractivity contribution is 7.87. The fourth-order valence-electron chi connectivity index (χ4n) is 1.41. The summed E-state index contributed by atoms with van der Waals surface area (Å²) in [6, 6.07) is 4.24. The average Bonchev–Trinajstić information content (AvgIpc) is 2.34. The van der Waals surface area contributed by atoms with Crippen molar-refractivity contribution >= 4 is 21.8 Å². The Bertz CT molecular complexity index is 504. The van der Waals surface area contributed by atoms with Crippen molar-refractivity contribution in [2.45, 2.75) is 6.54 Å². The van der Waals surface area contributed by atoms with Gasteiger partial charge in [-0.1, -0.05) is 17.7 Å². The Hall–Kier alpha value is -0.730. The van der Waals surface area contributed by atoms with E-state index in [-0.39, 0.29) is 23.7 Å². The molecule has 0 saturated heterocycles. The first-order valence-electron chi connectivity index (χ1n) is 5.67. The van der Waals surface area contributed by atoms with Crippen molar-refractivity contribution in [2.75, 3.05) is 27.2 Å². The van der Waals surface area contributed by atoms with E-state index in [9.17, 15) is 12.8 Å². The Kier molecular flexibility index (Phi) is 6.15. The molecule has 0 radical (unpaired) electrons. The first-order chi connectivity index (χ1) is 8.88. The Morgan fingerprint density at radius 1 is 1.37 bits per heavy atom. The molecule has 0 unspecified atom stereocenters. The fraction of sp³-hybridized carbons (Fsp3) is 0.455. The molecule has 0 spiro atoms. The van der Waals surface area contributed by atoms with Crippen LogP contribution in [0.25, 0.3) is 0 Å². The second-order valence-corrected chi connectivity index (χ2v) is 6.23. The maximum Gasteiger partial charge on any atom is 0.279 e.